The van der Waals surface area contributed by atoms with Gasteiger partial charge in [-0.1, -0.05) is 25.1 Å². The third kappa shape index (κ3) is 2.85. The molecule has 2 aromatic rings. The summed E-state index contributed by atoms with van der Waals surface area (Å²) in [5, 5.41) is 3.14. The van der Waals surface area contributed by atoms with Gasteiger partial charge in [0, 0.05) is 18.2 Å². The molecular weight excluding hydrogens is 263 g/mol. The number of benzene rings is 2. The fourth-order valence-electron chi connectivity index (χ4n) is 2.34. The molecular formula is C16H16F3N. The van der Waals surface area contributed by atoms with Gasteiger partial charge in [-0.05, 0) is 30.7 Å². The lowest BCUT2D eigenvalue weighted by Gasteiger charge is -2.15. The van der Waals surface area contributed by atoms with E-state index >= 15 is 0 Å². The summed E-state index contributed by atoms with van der Waals surface area (Å²) in [6.07, 6.45) is 0.855. The molecule has 0 spiro atoms. The summed E-state index contributed by atoms with van der Waals surface area (Å²) in [6.45, 7) is 2.02. The second-order valence-electron chi connectivity index (χ2n) is 4.62. The molecule has 1 unspecified atom stereocenters. The predicted molar refractivity (Wildman–Crippen MR) is 73.8 cm³/mol. The molecule has 1 N–H and O–H groups in total. The molecule has 1 atom stereocenters. The molecule has 0 heterocycles. The molecule has 4 heteroatoms. The Bertz CT molecular complexity index is 583. The van der Waals surface area contributed by atoms with Crippen molar-refractivity contribution < 1.29 is 13.2 Å². The largest absolute Gasteiger partial charge is 0.313 e. The Labute approximate surface area is 116 Å². The van der Waals surface area contributed by atoms with Crippen LogP contribution in [0.4, 0.5) is 13.2 Å². The maximum absolute atomic E-state index is 13.8. The lowest BCUT2D eigenvalue weighted by molar-refractivity contribution is 0.547. The summed E-state index contributed by atoms with van der Waals surface area (Å²) in [6, 6.07) is 8.48. The van der Waals surface area contributed by atoms with Gasteiger partial charge in [0.15, 0.2) is 0 Å². The summed E-state index contributed by atoms with van der Waals surface area (Å²) in [5.74, 6) is -2.70. The lowest BCUT2D eigenvalue weighted by Crippen LogP contribution is -2.15. The number of halogens is 3. The molecule has 2 aromatic carbocycles. The molecule has 0 amide bonds. The molecule has 0 aliphatic heterocycles. The predicted octanol–water partition coefficient (Wildman–Crippen LogP) is 4.44. The van der Waals surface area contributed by atoms with Crippen molar-refractivity contribution in [3.63, 3.8) is 0 Å². The minimum absolute atomic E-state index is 0.113. The summed E-state index contributed by atoms with van der Waals surface area (Å²) < 4.78 is 40.5. The molecule has 0 radical (unpaired) electrons. The summed E-state index contributed by atoms with van der Waals surface area (Å²) >= 11 is 0. The molecule has 0 aliphatic rings. The molecule has 20 heavy (non-hydrogen) atoms. The first-order valence-electron chi connectivity index (χ1n) is 6.49. The topological polar surface area (TPSA) is 12.0 Å². The molecule has 0 saturated heterocycles. The standard InChI is InChI=1S/C16H16F3N/c1-3-15(20-2)10-5-4-6-11(7-10)16-13(18)8-12(17)9-14(16)19/h4-9,15,20H,3H2,1-2H3. The highest BCUT2D eigenvalue weighted by atomic mass is 19.1. The average Bonchev–Trinajstić information content (AvgIpc) is 2.39. The minimum Gasteiger partial charge on any atom is -0.313 e. The van der Waals surface area contributed by atoms with Gasteiger partial charge in [0.25, 0.3) is 0 Å². The number of hydrogen-bond acceptors (Lipinski definition) is 1. The van der Waals surface area contributed by atoms with E-state index in [1.165, 1.54) is 0 Å². The van der Waals surface area contributed by atoms with Gasteiger partial charge in [0.2, 0.25) is 0 Å². The smallest absolute Gasteiger partial charge is 0.136 e. The van der Waals surface area contributed by atoms with Crippen LogP contribution in [0.25, 0.3) is 11.1 Å². The monoisotopic (exact) mass is 279 g/mol. The number of hydrogen-bond donors (Lipinski definition) is 1. The van der Waals surface area contributed by atoms with E-state index in [-0.39, 0.29) is 11.6 Å². The van der Waals surface area contributed by atoms with Gasteiger partial charge >= 0.3 is 0 Å². The Morgan fingerprint density at radius 1 is 1.05 bits per heavy atom. The summed E-state index contributed by atoms with van der Waals surface area (Å²) in [7, 11) is 1.83. The van der Waals surface area contributed by atoms with E-state index in [2.05, 4.69) is 5.32 Å². The second-order valence-corrected chi connectivity index (χ2v) is 4.62. The van der Waals surface area contributed by atoms with E-state index in [0.29, 0.717) is 17.7 Å². The Kier molecular flexibility index (Phi) is 4.45. The highest BCUT2D eigenvalue weighted by Crippen LogP contribution is 2.29. The Morgan fingerprint density at radius 3 is 2.25 bits per heavy atom. The van der Waals surface area contributed by atoms with Crippen LogP contribution >= 0.6 is 0 Å². The molecule has 0 saturated carbocycles. The fourth-order valence-corrected chi connectivity index (χ4v) is 2.34. The van der Waals surface area contributed by atoms with Gasteiger partial charge < -0.3 is 5.32 Å². The van der Waals surface area contributed by atoms with E-state index in [1.54, 1.807) is 18.2 Å². The molecule has 0 aromatic heterocycles. The lowest BCUT2D eigenvalue weighted by atomic mass is 9.97. The second kappa shape index (κ2) is 6.09. The fraction of sp³-hybridized carbons (Fsp3) is 0.250. The third-order valence-electron chi connectivity index (χ3n) is 3.34. The normalized spacial score (nSPS) is 12.4. The Balaban J connectivity index is 2.51. The van der Waals surface area contributed by atoms with Crippen LogP contribution in [0.2, 0.25) is 0 Å². The molecule has 1 nitrogen and oxygen atoms in total. The van der Waals surface area contributed by atoms with E-state index in [4.69, 9.17) is 0 Å². The van der Waals surface area contributed by atoms with Crippen LogP contribution in [-0.4, -0.2) is 7.05 Å². The van der Waals surface area contributed by atoms with Crippen LogP contribution in [0, 0.1) is 17.5 Å². The van der Waals surface area contributed by atoms with E-state index < -0.39 is 17.5 Å². The maximum Gasteiger partial charge on any atom is 0.136 e. The van der Waals surface area contributed by atoms with Crippen LogP contribution in [-0.2, 0) is 0 Å². The minimum atomic E-state index is -0.915. The van der Waals surface area contributed by atoms with Crippen LogP contribution in [0.1, 0.15) is 24.9 Å². The number of rotatable bonds is 4. The summed E-state index contributed by atoms with van der Waals surface area (Å²) in [4.78, 5) is 0. The van der Waals surface area contributed by atoms with Gasteiger partial charge in [-0.2, -0.15) is 0 Å². The van der Waals surface area contributed by atoms with Crippen molar-refractivity contribution in [2.75, 3.05) is 7.05 Å². The van der Waals surface area contributed by atoms with Crippen LogP contribution in [0.15, 0.2) is 36.4 Å². The first-order chi connectivity index (χ1) is 9.56. The van der Waals surface area contributed by atoms with Crippen molar-refractivity contribution in [3.05, 3.63) is 59.4 Å². The van der Waals surface area contributed by atoms with Crippen molar-refractivity contribution in [2.45, 2.75) is 19.4 Å². The highest BCUT2D eigenvalue weighted by molar-refractivity contribution is 5.65. The van der Waals surface area contributed by atoms with Crippen LogP contribution in [0.5, 0.6) is 0 Å². The molecule has 106 valence electrons. The molecule has 0 fully saturated rings. The average molecular weight is 279 g/mol. The van der Waals surface area contributed by atoms with Crippen LogP contribution in [0.3, 0.4) is 0 Å². The van der Waals surface area contributed by atoms with Crippen molar-refractivity contribution in [3.8, 4) is 11.1 Å². The van der Waals surface area contributed by atoms with E-state index in [0.717, 1.165) is 12.0 Å². The molecule has 0 bridgehead atoms. The Morgan fingerprint density at radius 2 is 1.70 bits per heavy atom. The van der Waals surface area contributed by atoms with Crippen molar-refractivity contribution in [1.29, 1.82) is 0 Å². The van der Waals surface area contributed by atoms with E-state index in [1.807, 2.05) is 20.0 Å². The van der Waals surface area contributed by atoms with Gasteiger partial charge in [0.05, 0.1) is 5.56 Å². The zero-order chi connectivity index (χ0) is 14.7. The first kappa shape index (κ1) is 14.6. The maximum atomic E-state index is 13.8. The van der Waals surface area contributed by atoms with Crippen molar-refractivity contribution in [2.24, 2.45) is 0 Å². The third-order valence-corrected chi connectivity index (χ3v) is 3.34. The van der Waals surface area contributed by atoms with Gasteiger partial charge in [0.1, 0.15) is 17.5 Å². The SMILES string of the molecule is CCC(NC)c1cccc(-c2c(F)cc(F)cc2F)c1. The zero-order valence-electron chi connectivity index (χ0n) is 11.4. The van der Waals surface area contributed by atoms with Crippen molar-refractivity contribution in [1.82, 2.24) is 5.32 Å². The first-order valence-corrected chi connectivity index (χ1v) is 6.49. The molecule has 2 rings (SSSR count). The van der Waals surface area contributed by atoms with Gasteiger partial charge in [-0.3, -0.25) is 0 Å². The van der Waals surface area contributed by atoms with Crippen LogP contribution < -0.4 is 5.32 Å². The Hall–Kier alpha value is -1.81. The highest BCUT2D eigenvalue weighted by Gasteiger charge is 2.15. The summed E-state index contributed by atoms with van der Waals surface area (Å²) in [5.41, 5.74) is 1.15. The molecule has 0 aliphatic carbocycles. The van der Waals surface area contributed by atoms with Crippen molar-refractivity contribution >= 4 is 0 Å². The zero-order valence-corrected chi connectivity index (χ0v) is 11.4. The van der Waals surface area contributed by atoms with Gasteiger partial charge in [-0.25, -0.2) is 13.2 Å². The van der Waals surface area contributed by atoms with Gasteiger partial charge in [-0.15, -0.1) is 0 Å². The van der Waals surface area contributed by atoms with E-state index in [9.17, 15) is 13.2 Å². The number of nitrogens with one attached hydrogen (secondary N) is 1. The quantitative estimate of drug-likeness (QED) is 0.872.